The maximum absolute atomic E-state index is 15.3. The zero-order valence-corrected chi connectivity index (χ0v) is 18.4. The van der Waals surface area contributed by atoms with Crippen molar-refractivity contribution in [1.82, 2.24) is 19.7 Å². The van der Waals surface area contributed by atoms with Crippen molar-refractivity contribution in [3.63, 3.8) is 0 Å². The van der Waals surface area contributed by atoms with Crippen molar-refractivity contribution in [3.8, 4) is 16.9 Å². The highest BCUT2D eigenvalue weighted by Gasteiger charge is 2.35. The number of fused-ring (bicyclic) bond motifs is 1. The number of H-pyrrole nitrogens is 1. The molecule has 8 heteroatoms. The summed E-state index contributed by atoms with van der Waals surface area (Å²) in [5.74, 6) is 0.302. The van der Waals surface area contributed by atoms with Crippen LogP contribution >= 0.6 is 0 Å². The molecule has 1 aromatic carbocycles. The topological polar surface area (TPSA) is 83.4 Å². The van der Waals surface area contributed by atoms with Crippen molar-refractivity contribution < 1.29 is 14.2 Å². The highest BCUT2D eigenvalue weighted by atomic mass is 19.1. The molecule has 3 heterocycles. The van der Waals surface area contributed by atoms with Gasteiger partial charge in [0.25, 0.3) is 5.56 Å². The Morgan fingerprint density at radius 3 is 2.68 bits per heavy atom. The standard InChI is InChI=1S/C23H29FN4O3/c1-14(2)23(30)5-7-28(8-6-23)13-18-19(24)9-15(10-20(18)31-4)17-12-27(3)22(29)21-16(17)11-25-26-21/h9-12,14,30H,5-8,13H2,1-4H3,(H,25,26). The Balaban J connectivity index is 1.66. The molecule has 1 saturated heterocycles. The van der Waals surface area contributed by atoms with E-state index in [1.165, 1.54) is 17.7 Å². The molecule has 0 saturated carbocycles. The first kappa shape index (κ1) is 21.5. The number of nitrogens with one attached hydrogen (secondary N) is 1. The Labute approximate surface area is 180 Å². The van der Waals surface area contributed by atoms with Gasteiger partial charge in [0.2, 0.25) is 0 Å². The Morgan fingerprint density at radius 1 is 1.32 bits per heavy atom. The lowest BCUT2D eigenvalue weighted by Crippen LogP contribution is -2.47. The summed E-state index contributed by atoms with van der Waals surface area (Å²) in [5.41, 5.74) is 1.36. The molecule has 3 aromatic rings. The van der Waals surface area contributed by atoms with E-state index in [9.17, 15) is 9.90 Å². The number of aromatic amines is 1. The van der Waals surface area contributed by atoms with Crippen LogP contribution in [0, 0.1) is 11.7 Å². The lowest BCUT2D eigenvalue weighted by molar-refractivity contribution is -0.0580. The van der Waals surface area contributed by atoms with Gasteiger partial charge in [0.05, 0.1) is 18.9 Å². The minimum absolute atomic E-state index is 0.188. The predicted molar refractivity (Wildman–Crippen MR) is 118 cm³/mol. The van der Waals surface area contributed by atoms with Crippen molar-refractivity contribution in [3.05, 3.63) is 46.3 Å². The molecule has 31 heavy (non-hydrogen) atoms. The highest BCUT2D eigenvalue weighted by Crippen LogP contribution is 2.35. The first-order chi connectivity index (χ1) is 14.7. The van der Waals surface area contributed by atoms with Crippen LogP contribution in [0.15, 0.2) is 29.3 Å². The third kappa shape index (κ3) is 3.85. The largest absolute Gasteiger partial charge is 0.496 e. The molecule has 166 valence electrons. The number of nitrogens with zero attached hydrogens (tertiary/aromatic N) is 3. The molecule has 7 nitrogen and oxygen atoms in total. The van der Waals surface area contributed by atoms with Gasteiger partial charge in [0.15, 0.2) is 0 Å². The molecule has 2 N–H and O–H groups in total. The number of aryl methyl sites for hydroxylation is 1. The third-order valence-electron chi connectivity index (χ3n) is 6.65. The number of hydrogen-bond acceptors (Lipinski definition) is 5. The van der Waals surface area contributed by atoms with Gasteiger partial charge in [-0.05, 0) is 36.5 Å². The smallest absolute Gasteiger partial charge is 0.276 e. The minimum atomic E-state index is -0.651. The number of ether oxygens (including phenoxy) is 1. The van der Waals surface area contributed by atoms with Crippen molar-refractivity contribution in [2.24, 2.45) is 13.0 Å². The molecule has 0 bridgehead atoms. The van der Waals surface area contributed by atoms with E-state index < -0.39 is 5.60 Å². The molecule has 0 spiro atoms. The number of methoxy groups -OCH3 is 1. The average Bonchev–Trinajstić information content (AvgIpc) is 3.23. The average molecular weight is 429 g/mol. The van der Waals surface area contributed by atoms with Gasteiger partial charge >= 0.3 is 0 Å². The molecule has 2 aromatic heterocycles. The molecule has 0 amide bonds. The number of hydrogen-bond donors (Lipinski definition) is 2. The van der Waals surface area contributed by atoms with Crippen molar-refractivity contribution >= 4 is 10.9 Å². The number of halogens is 1. The van der Waals surface area contributed by atoms with Crippen LogP contribution in [0.5, 0.6) is 5.75 Å². The van der Waals surface area contributed by atoms with Gasteiger partial charge in [-0.3, -0.25) is 14.8 Å². The zero-order valence-electron chi connectivity index (χ0n) is 18.4. The number of likely N-dealkylation sites (tertiary alicyclic amines) is 1. The van der Waals surface area contributed by atoms with E-state index >= 15 is 4.39 Å². The van der Waals surface area contributed by atoms with E-state index in [0.29, 0.717) is 65.8 Å². The third-order valence-corrected chi connectivity index (χ3v) is 6.65. The van der Waals surface area contributed by atoms with Gasteiger partial charge in [-0.25, -0.2) is 4.39 Å². The molecule has 0 unspecified atom stereocenters. The van der Waals surface area contributed by atoms with Crippen LogP contribution in [0.25, 0.3) is 22.0 Å². The maximum Gasteiger partial charge on any atom is 0.276 e. The molecule has 1 aliphatic rings. The number of pyridine rings is 1. The zero-order chi connectivity index (χ0) is 22.3. The summed E-state index contributed by atoms with van der Waals surface area (Å²) in [6, 6.07) is 3.29. The Bertz CT molecular complexity index is 1160. The molecule has 0 radical (unpaired) electrons. The van der Waals surface area contributed by atoms with Crippen molar-refractivity contribution in [2.75, 3.05) is 20.2 Å². The fourth-order valence-corrected chi connectivity index (χ4v) is 4.38. The maximum atomic E-state index is 15.3. The van der Waals surface area contributed by atoms with Crippen LogP contribution in [0.1, 0.15) is 32.3 Å². The quantitative estimate of drug-likeness (QED) is 0.653. The van der Waals surface area contributed by atoms with Crippen molar-refractivity contribution in [2.45, 2.75) is 38.8 Å². The van der Waals surface area contributed by atoms with E-state index in [-0.39, 0.29) is 17.3 Å². The number of benzene rings is 1. The second-order valence-corrected chi connectivity index (χ2v) is 8.79. The second kappa shape index (κ2) is 8.09. The summed E-state index contributed by atoms with van der Waals surface area (Å²) >= 11 is 0. The minimum Gasteiger partial charge on any atom is -0.496 e. The van der Waals surface area contributed by atoms with Crippen molar-refractivity contribution in [1.29, 1.82) is 0 Å². The molecule has 0 aliphatic carbocycles. The fourth-order valence-electron chi connectivity index (χ4n) is 4.38. The molecule has 4 rings (SSSR count). The van der Waals surface area contributed by atoms with Gasteiger partial charge in [0, 0.05) is 49.4 Å². The monoisotopic (exact) mass is 428 g/mol. The Kier molecular flexibility index (Phi) is 5.61. The summed E-state index contributed by atoms with van der Waals surface area (Å²) in [6.07, 6.45) is 4.60. The van der Waals surface area contributed by atoms with Crippen LogP contribution in [-0.2, 0) is 13.6 Å². The highest BCUT2D eigenvalue weighted by molar-refractivity contribution is 5.93. The molecular weight excluding hydrogens is 399 g/mol. The molecule has 1 aliphatic heterocycles. The number of aliphatic hydroxyl groups is 1. The normalized spacial score (nSPS) is 16.9. The van der Waals surface area contributed by atoms with Crippen LogP contribution in [0.4, 0.5) is 4.39 Å². The first-order valence-electron chi connectivity index (χ1n) is 10.6. The first-order valence-corrected chi connectivity index (χ1v) is 10.6. The summed E-state index contributed by atoms with van der Waals surface area (Å²) in [4.78, 5) is 14.4. The van der Waals surface area contributed by atoms with E-state index in [1.807, 2.05) is 13.8 Å². The van der Waals surface area contributed by atoms with Crippen LogP contribution < -0.4 is 10.3 Å². The number of piperidine rings is 1. The van der Waals surface area contributed by atoms with Gasteiger partial charge in [0.1, 0.15) is 17.1 Å². The van der Waals surface area contributed by atoms with E-state index in [2.05, 4.69) is 15.1 Å². The van der Waals surface area contributed by atoms with Gasteiger partial charge < -0.3 is 14.4 Å². The van der Waals surface area contributed by atoms with Gasteiger partial charge in [-0.15, -0.1) is 0 Å². The lowest BCUT2D eigenvalue weighted by Gasteiger charge is -2.41. The Hall–Kier alpha value is -2.71. The summed E-state index contributed by atoms with van der Waals surface area (Å²) in [5, 5.41) is 18.1. The lowest BCUT2D eigenvalue weighted by atomic mass is 9.81. The van der Waals surface area contributed by atoms with E-state index in [0.717, 1.165) is 0 Å². The summed E-state index contributed by atoms with van der Waals surface area (Å²) < 4.78 is 22.3. The van der Waals surface area contributed by atoms with Crippen LogP contribution in [0.3, 0.4) is 0 Å². The number of rotatable bonds is 5. The Morgan fingerprint density at radius 2 is 2.03 bits per heavy atom. The van der Waals surface area contributed by atoms with E-state index in [1.54, 1.807) is 25.5 Å². The summed E-state index contributed by atoms with van der Waals surface area (Å²) in [6.45, 7) is 5.89. The predicted octanol–water partition coefficient (Wildman–Crippen LogP) is 3.06. The molecule has 0 atom stereocenters. The molecular formula is C23H29FN4O3. The SMILES string of the molecule is COc1cc(-c2cn(C)c(=O)c3[nH]ncc23)cc(F)c1CN1CCC(O)(C(C)C)CC1. The van der Waals surface area contributed by atoms with Gasteiger partial charge in [-0.1, -0.05) is 13.8 Å². The summed E-state index contributed by atoms with van der Waals surface area (Å²) in [7, 11) is 3.19. The van der Waals surface area contributed by atoms with Crippen LogP contribution in [-0.4, -0.2) is 50.6 Å². The molecule has 1 fully saturated rings. The second-order valence-electron chi connectivity index (χ2n) is 8.79. The van der Waals surface area contributed by atoms with Crippen LogP contribution in [0.2, 0.25) is 0 Å². The number of aromatic nitrogens is 3. The fraction of sp³-hybridized carbons (Fsp3) is 0.478. The van der Waals surface area contributed by atoms with Gasteiger partial charge in [-0.2, -0.15) is 5.10 Å². The van der Waals surface area contributed by atoms with E-state index in [4.69, 9.17) is 4.74 Å².